The van der Waals surface area contributed by atoms with Crippen LogP contribution in [0.3, 0.4) is 0 Å². The van der Waals surface area contributed by atoms with Gasteiger partial charge >= 0.3 is 6.18 Å². The zero-order valence-electron chi connectivity index (χ0n) is 7.47. The molecule has 82 valence electrons. The summed E-state index contributed by atoms with van der Waals surface area (Å²) in [4.78, 5) is 7.03. The summed E-state index contributed by atoms with van der Waals surface area (Å²) < 4.78 is 35.3. The standard InChI is InChI=1S/C7H8F3N5/c8-7(9,10)2-13-1-4-5(11)14-3-15-6(4)12/h1,3,13H,2H2,(H3,11,12,14,15). The average Bonchev–Trinajstić information content (AvgIpc) is 2.08. The van der Waals surface area contributed by atoms with E-state index in [1.54, 1.807) is 0 Å². The van der Waals surface area contributed by atoms with E-state index in [1.165, 1.54) is 0 Å². The summed E-state index contributed by atoms with van der Waals surface area (Å²) in [5, 5.41) is 9.26. The lowest BCUT2D eigenvalue weighted by molar-refractivity contribution is -0.122. The largest absolute Gasteiger partial charge is 0.405 e. The van der Waals surface area contributed by atoms with Gasteiger partial charge < -0.3 is 11.1 Å². The molecular formula is C7H8F3N5. The summed E-state index contributed by atoms with van der Waals surface area (Å²) in [6, 6.07) is 0. The molecule has 0 saturated carbocycles. The maximum absolute atomic E-state index is 11.8. The van der Waals surface area contributed by atoms with Crippen LogP contribution in [0.1, 0.15) is 0 Å². The Balaban J connectivity index is 2.64. The molecule has 0 aliphatic carbocycles. The summed E-state index contributed by atoms with van der Waals surface area (Å²) in [7, 11) is 0. The summed E-state index contributed by atoms with van der Waals surface area (Å²) in [6.07, 6.45) is -2.27. The summed E-state index contributed by atoms with van der Waals surface area (Å²) in [6.45, 7) is -1.19. The van der Waals surface area contributed by atoms with Crippen LogP contribution in [0, 0.1) is 5.41 Å². The van der Waals surface area contributed by atoms with Crippen molar-refractivity contribution >= 4 is 18.0 Å². The minimum atomic E-state index is -4.32. The minimum absolute atomic E-state index is 0.0373. The Morgan fingerprint density at radius 1 is 1.53 bits per heavy atom. The van der Waals surface area contributed by atoms with E-state index in [9.17, 15) is 13.2 Å². The fourth-order valence-corrected chi connectivity index (χ4v) is 0.820. The normalized spacial score (nSPS) is 19.3. The molecule has 0 radical (unpaired) electrons. The molecule has 0 atom stereocenters. The van der Waals surface area contributed by atoms with Crippen molar-refractivity contribution in [3.8, 4) is 0 Å². The Hall–Kier alpha value is -1.86. The SMILES string of the molecule is N=C1N=CN=C(N)/C1=C/NCC(F)(F)F. The van der Waals surface area contributed by atoms with Crippen molar-refractivity contribution in [1.82, 2.24) is 5.32 Å². The summed E-state index contributed by atoms with van der Waals surface area (Å²) >= 11 is 0. The lowest BCUT2D eigenvalue weighted by Gasteiger charge is -2.10. The van der Waals surface area contributed by atoms with Gasteiger partial charge in [0, 0.05) is 6.20 Å². The van der Waals surface area contributed by atoms with Gasteiger partial charge in [-0.25, -0.2) is 9.98 Å². The smallest absolute Gasteiger partial charge is 0.383 e. The van der Waals surface area contributed by atoms with Crippen molar-refractivity contribution in [2.75, 3.05) is 6.54 Å². The highest BCUT2D eigenvalue weighted by atomic mass is 19.4. The van der Waals surface area contributed by atoms with Crippen LogP contribution in [0.2, 0.25) is 0 Å². The lowest BCUT2D eigenvalue weighted by atomic mass is 10.2. The van der Waals surface area contributed by atoms with Crippen molar-refractivity contribution in [3.05, 3.63) is 11.8 Å². The van der Waals surface area contributed by atoms with Gasteiger partial charge in [0.05, 0.1) is 5.57 Å². The molecule has 1 aliphatic heterocycles. The van der Waals surface area contributed by atoms with E-state index in [2.05, 4.69) is 9.98 Å². The molecule has 1 rings (SSSR count). The van der Waals surface area contributed by atoms with Gasteiger partial charge in [-0.05, 0) is 0 Å². The van der Waals surface area contributed by atoms with Gasteiger partial charge in [-0.2, -0.15) is 13.2 Å². The van der Waals surface area contributed by atoms with Crippen LogP contribution in [0.25, 0.3) is 0 Å². The second-order valence-corrected chi connectivity index (χ2v) is 2.66. The number of rotatable bonds is 2. The van der Waals surface area contributed by atoms with Crippen LogP contribution in [-0.4, -0.2) is 30.7 Å². The molecule has 0 fully saturated rings. The quantitative estimate of drug-likeness (QED) is 0.627. The third kappa shape index (κ3) is 3.41. The number of halogens is 3. The van der Waals surface area contributed by atoms with E-state index >= 15 is 0 Å². The molecule has 0 saturated heterocycles. The van der Waals surface area contributed by atoms with Gasteiger partial charge in [0.1, 0.15) is 18.7 Å². The molecule has 0 bridgehead atoms. The predicted octanol–water partition coefficient (Wildman–Crippen LogP) is 0.399. The van der Waals surface area contributed by atoms with Gasteiger partial charge in [-0.15, -0.1) is 0 Å². The third-order valence-electron chi connectivity index (χ3n) is 1.46. The van der Waals surface area contributed by atoms with E-state index in [4.69, 9.17) is 11.1 Å². The number of hydrogen-bond donors (Lipinski definition) is 3. The van der Waals surface area contributed by atoms with E-state index in [0.29, 0.717) is 0 Å². The molecule has 15 heavy (non-hydrogen) atoms. The molecule has 0 spiro atoms. The molecule has 0 amide bonds. The molecule has 5 nitrogen and oxygen atoms in total. The van der Waals surface area contributed by atoms with Crippen molar-refractivity contribution < 1.29 is 13.2 Å². The zero-order valence-corrected chi connectivity index (χ0v) is 7.47. The first-order valence-corrected chi connectivity index (χ1v) is 3.85. The second-order valence-electron chi connectivity index (χ2n) is 2.66. The van der Waals surface area contributed by atoms with Gasteiger partial charge in [0.25, 0.3) is 0 Å². The summed E-state index contributed by atoms with van der Waals surface area (Å²) in [5.74, 6) is -0.262. The van der Waals surface area contributed by atoms with Gasteiger partial charge in [-0.1, -0.05) is 0 Å². The van der Waals surface area contributed by atoms with Gasteiger partial charge in [-0.3, -0.25) is 5.41 Å². The zero-order chi connectivity index (χ0) is 11.5. The van der Waals surface area contributed by atoms with Gasteiger partial charge in [0.2, 0.25) is 0 Å². The Labute approximate surface area is 83.1 Å². The highest BCUT2D eigenvalue weighted by Gasteiger charge is 2.26. The van der Waals surface area contributed by atoms with Crippen LogP contribution < -0.4 is 11.1 Å². The van der Waals surface area contributed by atoms with E-state index in [1.807, 2.05) is 5.32 Å². The molecule has 1 heterocycles. The van der Waals surface area contributed by atoms with Crippen LogP contribution in [0.5, 0.6) is 0 Å². The van der Waals surface area contributed by atoms with Crippen LogP contribution >= 0.6 is 0 Å². The van der Waals surface area contributed by atoms with Gasteiger partial charge in [0.15, 0.2) is 5.84 Å². The molecular weight excluding hydrogens is 211 g/mol. The Morgan fingerprint density at radius 3 is 2.73 bits per heavy atom. The first kappa shape index (κ1) is 11.2. The molecule has 8 heteroatoms. The number of hydrogen-bond acceptors (Lipinski definition) is 4. The number of amidine groups is 2. The second kappa shape index (κ2) is 4.11. The Bertz CT molecular complexity index is 352. The molecule has 0 aromatic heterocycles. The predicted molar refractivity (Wildman–Crippen MR) is 50.0 cm³/mol. The van der Waals surface area contributed by atoms with Crippen molar-refractivity contribution in [1.29, 1.82) is 5.41 Å². The van der Waals surface area contributed by atoms with Crippen LogP contribution in [0.15, 0.2) is 21.8 Å². The summed E-state index contributed by atoms with van der Waals surface area (Å²) in [5.41, 5.74) is 5.39. The fourth-order valence-electron chi connectivity index (χ4n) is 0.820. The topological polar surface area (TPSA) is 86.6 Å². The van der Waals surface area contributed by atoms with Crippen LogP contribution in [0.4, 0.5) is 13.2 Å². The number of nitrogens with zero attached hydrogens (tertiary/aromatic N) is 2. The molecule has 1 aliphatic rings. The van der Waals surface area contributed by atoms with Crippen molar-refractivity contribution in [3.63, 3.8) is 0 Å². The van der Waals surface area contributed by atoms with Crippen LogP contribution in [-0.2, 0) is 0 Å². The number of alkyl halides is 3. The maximum atomic E-state index is 11.8. The van der Waals surface area contributed by atoms with Crippen molar-refractivity contribution in [2.24, 2.45) is 15.7 Å². The fraction of sp³-hybridized carbons (Fsp3) is 0.286. The van der Waals surface area contributed by atoms with E-state index in [-0.39, 0.29) is 17.2 Å². The van der Waals surface area contributed by atoms with E-state index < -0.39 is 12.7 Å². The van der Waals surface area contributed by atoms with E-state index in [0.717, 1.165) is 12.5 Å². The first-order chi connectivity index (χ1) is 6.90. The molecule has 0 aromatic rings. The molecule has 4 N–H and O–H groups in total. The molecule has 0 aromatic carbocycles. The molecule has 0 unspecified atom stereocenters. The third-order valence-corrected chi connectivity index (χ3v) is 1.46. The highest BCUT2D eigenvalue weighted by molar-refractivity contribution is 6.26. The maximum Gasteiger partial charge on any atom is 0.405 e. The number of aliphatic imine (C=N–C) groups is 2. The minimum Gasteiger partial charge on any atom is -0.383 e. The monoisotopic (exact) mass is 219 g/mol. The average molecular weight is 219 g/mol. The Kier molecular flexibility index (Phi) is 3.08. The lowest BCUT2D eigenvalue weighted by Crippen LogP contribution is -2.29. The highest BCUT2D eigenvalue weighted by Crippen LogP contribution is 2.12. The van der Waals surface area contributed by atoms with Crippen molar-refractivity contribution in [2.45, 2.75) is 6.18 Å². The number of nitrogens with two attached hydrogens (primary N) is 1. The first-order valence-electron chi connectivity index (χ1n) is 3.85. The Morgan fingerprint density at radius 2 is 2.20 bits per heavy atom. The number of nitrogens with one attached hydrogen (secondary N) is 2.